The van der Waals surface area contributed by atoms with E-state index in [1.165, 1.54) is 0 Å². The zero-order valence-electron chi connectivity index (χ0n) is 16.4. The highest BCUT2D eigenvalue weighted by Gasteiger charge is 2.43. The molecule has 5 heteroatoms. The number of carbonyl (C=O) groups is 1. The lowest BCUT2D eigenvalue weighted by atomic mass is 9.76. The number of hydrogen-bond acceptors (Lipinski definition) is 4. The van der Waals surface area contributed by atoms with Gasteiger partial charge in [0.1, 0.15) is 0 Å². The van der Waals surface area contributed by atoms with Crippen molar-refractivity contribution in [1.82, 2.24) is 9.80 Å². The van der Waals surface area contributed by atoms with E-state index in [0.717, 1.165) is 82.6 Å². The van der Waals surface area contributed by atoms with Crippen molar-refractivity contribution in [3.05, 3.63) is 35.4 Å². The Morgan fingerprint density at radius 2 is 2.04 bits per heavy atom. The van der Waals surface area contributed by atoms with Gasteiger partial charge in [-0.15, -0.1) is 0 Å². The molecule has 1 N–H and O–H groups in total. The second kappa shape index (κ2) is 7.90. The fourth-order valence-corrected chi connectivity index (χ4v) is 5.02. The number of aliphatic hydroxyl groups excluding tert-OH is 1. The van der Waals surface area contributed by atoms with Crippen molar-refractivity contribution in [3.8, 4) is 0 Å². The molecule has 1 aromatic carbocycles. The van der Waals surface area contributed by atoms with Crippen LogP contribution in [0.25, 0.3) is 0 Å². The van der Waals surface area contributed by atoms with Gasteiger partial charge >= 0.3 is 0 Å². The summed E-state index contributed by atoms with van der Waals surface area (Å²) in [6, 6.07) is 7.99. The van der Waals surface area contributed by atoms with Crippen LogP contribution < -0.4 is 0 Å². The van der Waals surface area contributed by atoms with E-state index in [-0.39, 0.29) is 23.5 Å². The molecule has 5 nitrogen and oxygen atoms in total. The van der Waals surface area contributed by atoms with Crippen molar-refractivity contribution in [2.75, 3.05) is 39.3 Å². The Bertz CT molecular complexity index is 669. The van der Waals surface area contributed by atoms with E-state index in [9.17, 15) is 9.90 Å². The van der Waals surface area contributed by atoms with Crippen molar-refractivity contribution in [2.45, 2.75) is 51.2 Å². The summed E-state index contributed by atoms with van der Waals surface area (Å²) in [5.74, 6) is 0.184. The van der Waals surface area contributed by atoms with Gasteiger partial charge in [0.15, 0.2) is 0 Å². The number of carbonyl (C=O) groups excluding carboxylic acids is 1. The molecule has 0 aromatic heterocycles. The third-order valence-corrected chi connectivity index (χ3v) is 6.74. The number of rotatable bonds is 4. The number of nitrogens with zero attached hydrogens (tertiary/aromatic N) is 2. The quantitative estimate of drug-likeness (QED) is 0.881. The average Bonchev–Trinajstić information content (AvgIpc) is 3.28. The SMILES string of the molecule is CCc1ccccc1C(=O)N1CCC2(CC1)CO[C@H](CN1CC[C@@H](O)C1)C2. The molecule has 1 amide bonds. The first-order valence-electron chi connectivity index (χ1n) is 10.5. The van der Waals surface area contributed by atoms with Crippen LogP contribution in [-0.4, -0.2) is 72.4 Å². The minimum absolute atomic E-state index is 0.166. The molecule has 2 atom stereocenters. The van der Waals surface area contributed by atoms with Crippen molar-refractivity contribution < 1.29 is 14.6 Å². The van der Waals surface area contributed by atoms with Gasteiger partial charge in [-0.25, -0.2) is 0 Å². The maximum atomic E-state index is 13.0. The van der Waals surface area contributed by atoms with E-state index in [1.807, 2.05) is 23.1 Å². The van der Waals surface area contributed by atoms with Crippen LogP contribution in [0.4, 0.5) is 0 Å². The summed E-state index contributed by atoms with van der Waals surface area (Å²) in [4.78, 5) is 17.3. The molecule has 4 rings (SSSR count). The summed E-state index contributed by atoms with van der Waals surface area (Å²) in [6.45, 7) is 7.28. The van der Waals surface area contributed by atoms with Gasteiger partial charge < -0.3 is 14.7 Å². The van der Waals surface area contributed by atoms with Gasteiger partial charge in [0.2, 0.25) is 0 Å². The normalized spacial score (nSPS) is 28.1. The van der Waals surface area contributed by atoms with Gasteiger partial charge in [-0.05, 0) is 49.1 Å². The van der Waals surface area contributed by atoms with E-state index in [1.54, 1.807) is 0 Å². The minimum Gasteiger partial charge on any atom is -0.392 e. The molecule has 3 aliphatic heterocycles. The van der Waals surface area contributed by atoms with Gasteiger partial charge in [0.25, 0.3) is 5.91 Å². The van der Waals surface area contributed by atoms with E-state index < -0.39 is 0 Å². The zero-order chi connectivity index (χ0) is 18.9. The van der Waals surface area contributed by atoms with E-state index in [0.29, 0.717) is 0 Å². The lowest BCUT2D eigenvalue weighted by Crippen LogP contribution is -2.44. The number of aliphatic hydroxyl groups is 1. The van der Waals surface area contributed by atoms with Crippen LogP contribution in [0, 0.1) is 5.41 Å². The van der Waals surface area contributed by atoms with Crippen molar-refractivity contribution >= 4 is 5.91 Å². The Hall–Kier alpha value is -1.43. The second-order valence-electron chi connectivity index (χ2n) is 8.64. The van der Waals surface area contributed by atoms with Crippen molar-refractivity contribution in [1.29, 1.82) is 0 Å². The van der Waals surface area contributed by atoms with Crippen LogP contribution in [-0.2, 0) is 11.2 Å². The third-order valence-electron chi connectivity index (χ3n) is 6.74. The smallest absolute Gasteiger partial charge is 0.254 e. The topological polar surface area (TPSA) is 53.0 Å². The van der Waals surface area contributed by atoms with Crippen LogP contribution >= 0.6 is 0 Å². The number of hydrogen-bond donors (Lipinski definition) is 1. The van der Waals surface area contributed by atoms with Crippen LogP contribution in [0.15, 0.2) is 24.3 Å². The molecule has 148 valence electrons. The fourth-order valence-electron chi connectivity index (χ4n) is 5.02. The molecule has 3 saturated heterocycles. The zero-order valence-corrected chi connectivity index (χ0v) is 16.4. The molecule has 0 unspecified atom stereocenters. The van der Waals surface area contributed by atoms with Gasteiger partial charge in [0.05, 0.1) is 18.8 Å². The largest absolute Gasteiger partial charge is 0.392 e. The maximum Gasteiger partial charge on any atom is 0.254 e. The van der Waals surface area contributed by atoms with Gasteiger partial charge in [-0.1, -0.05) is 25.1 Å². The number of aryl methyl sites for hydroxylation is 1. The number of benzene rings is 1. The first-order valence-corrected chi connectivity index (χ1v) is 10.5. The van der Waals surface area contributed by atoms with E-state index in [4.69, 9.17) is 4.74 Å². The summed E-state index contributed by atoms with van der Waals surface area (Å²) >= 11 is 0. The number of piperidine rings is 1. The maximum absolute atomic E-state index is 13.0. The Labute approximate surface area is 162 Å². The molecule has 0 bridgehead atoms. The highest BCUT2D eigenvalue weighted by atomic mass is 16.5. The predicted octanol–water partition coefficient (Wildman–Crippen LogP) is 2.33. The monoisotopic (exact) mass is 372 g/mol. The Kier molecular flexibility index (Phi) is 5.53. The van der Waals surface area contributed by atoms with Crippen LogP contribution in [0.2, 0.25) is 0 Å². The molecule has 1 aromatic rings. The van der Waals surface area contributed by atoms with Crippen LogP contribution in [0.5, 0.6) is 0 Å². The van der Waals surface area contributed by atoms with E-state index in [2.05, 4.69) is 17.9 Å². The average molecular weight is 373 g/mol. The molecule has 3 aliphatic rings. The lowest BCUT2D eigenvalue weighted by Gasteiger charge is -2.38. The standard InChI is InChI=1S/C22H32N2O3/c1-2-17-5-3-4-6-20(17)21(26)24-11-8-22(9-12-24)13-19(27-16-22)15-23-10-7-18(25)14-23/h3-6,18-19,25H,2,7-16H2,1H3/t18-,19+/m1/s1. The van der Waals surface area contributed by atoms with Crippen molar-refractivity contribution in [3.63, 3.8) is 0 Å². The summed E-state index contributed by atoms with van der Waals surface area (Å²) in [6.07, 6.45) is 5.04. The fraction of sp³-hybridized carbons (Fsp3) is 0.682. The predicted molar refractivity (Wildman–Crippen MR) is 105 cm³/mol. The Balaban J connectivity index is 1.32. The molecule has 3 heterocycles. The number of likely N-dealkylation sites (tertiary alicyclic amines) is 2. The molecule has 3 fully saturated rings. The first kappa shape index (κ1) is 18.9. The highest BCUT2D eigenvalue weighted by Crippen LogP contribution is 2.42. The first-order chi connectivity index (χ1) is 13.1. The minimum atomic E-state index is -0.166. The summed E-state index contributed by atoms with van der Waals surface area (Å²) in [5, 5.41) is 9.71. The van der Waals surface area contributed by atoms with Crippen LogP contribution in [0.1, 0.15) is 48.5 Å². The molecular weight excluding hydrogens is 340 g/mol. The summed E-state index contributed by atoms with van der Waals surface area (Å²) < 4.78 is 6.13. The number of β-amino-alcohol motifs (C(OH)–C–C–N with tert-alkyl or cyclic N) is 1. The third kappa shape index (κ3) is 4.05. The molecular formula is C22H32N2O3. The molecule has 27 heavy (non-hydrogen) atoms. The molecule has 1 spiro atoms. The highest BCUT2D eigenvalue weighted by molar-refractivity contribution is 5.95. The van der Waals surface area contributed by atoms with Crippen LogP contribution in [0.3, 0.4) is 0 Å². The van der Waals surface area contributed by atoms with Gasteiger partial charge in [0, 0.05) is 38.3 Å². The van der Waals surface area contributed by atoms with E-state index >= 15 is 0 Å². The summed E-state index contributed by atoms with van der Waals surface area (Å²) in [5.41, 5.74) is 2.24. The van der Waals surface area contributed by atoms with Gasteiger partial charge in [-0.3, -0.25) is 9.69 Å². The Morgan fingerprint density at radius 1 is 1.26 bits per heavy atom. The second-order valence-corrected chi connectivity index (χ2v) is 8.64. The van der Waals surface area contributed by atoms with Gasteiger partial charge in [-0.2, -0.15) is 0 Å². The number of ether oxygens (including phenoxy) is 1. The van der Waals surface area contributed by atoms with Crippen molar-refractivity contribution in [2.24, 2.45) is 5.41 Å². The lowest BCUT2D eigenvalue weighted by molar-refractivity contribution is 0.0450. The molecule has 0 saturated carbocycles. The molecule has 0 aliphatic carbocycles. The Morgan fingerprint density at radius 3 is 2.74 bits per heavy atom. The molecule has 0 radical (unpaired) electrons. The summed E-state index contributed by atoms with van der Waals surface area (Å²) in [7, 11) is 0. The number of amides is 1.